The Kier molecular flexibility index (Phi) is 12.5. The lowest BCUT2D eigenvalue weighted by Gasteiger charge is -2.11. The maximum absolute atomic E-state index is 11.4. The normalized spacial score (nSPS) is 12.4. The summed E-state index contributed by atoms with van der Waals surface area (Å²) in [6.07, 6.45) is 6.96. The summed E-state index contributed by atoms with van der Waals surface area (Å²) in [6.45, 7) is 8.57. The molecule has 0 heterocycles. The van der Waals surface area contributed by atoms with E-state index in [1.165, 1.54) is 12.8 Å². The molecular formula is C15H30O3. The van der Waals surface area contributed by atoms with Crippen LogP contribution in [0.5, 0.6) is 0 Å². The molecule has 1 unspecified atom stereocenters. The predicted molar refractivity (Wildman–Crippen MR) is 74.6 cm³/mol. The van der Waals surface area contributed by atoms with Gasteiger partial charge in [0.05, 0.1) is 6.61 Å². The third-order valence-corrected chi connectivity index (χ3v) is 2.85. The van der Waals surface area contributed by atoms with E-state index in [0.29, 0.717) is 18.9 Å². The average Bonchev–Trinajstić information content (AvgIpc) is 2.38. The van der Waals surface area contributed by atoms with Crippen molar-refractivity contribution in [3.63, 3.8) is 0 Å². The van der Waals surface area contributed by atoms with Gasteiger partial charge in [0.1, 0.15) is 0 Å². The zero-order valence-electron chi connectivity index (χ0n) is 12.4. The summed E-state index contributed by atoms with van der Waals surface area (Å²) in [4.78, 5) is 11.4. The van der Waals surface area contributed by atoms with Gasteiger partial charge in [0, 0.05) is 19.6 Å². The van der Waals surface area contributed by atoms with Crippen molar-refractivity contribution in [2.24, 2.45) is 5.92 Å². The van der Waals surface area contributed by atoms with Crippen LogP contribution in [0.1, 0.15) is 65.7 Å². The standard InChI is InChI=1S/C15H30O3/c1-4-6-9-14(3)13-18-15(16)10-7-8-12-17-11-5-2/h14H,4-13H2,1-3H3. The van der Waals surface area contributed by atoms with Crippen molar-refractivity contribution in [1.29, 1.82) is 0 Å². The number of ether oxygens (including phenoxy) is 2. The molecular weight excluding hydrogens is 228 g/mol. The number of rotatable bonds is 12. The monoisotopic (exact) mass is 258 g/mol. The Morgan fingerprint density at radius 1 is 1.06 bits per heavy atom. The van der Waals surface area contributed by atoms with Crippen LogP contribution >= 0.6 is 0 Å². The van der Waals surface area contributed by atoms with E-state index in [0.717, 1.165) is 38.9 Å². The van der Waals surface area contributed by atoms with Crippen LogP contribution < -0.4 is 0 Å². The molecule has 0 N–H and O–H groups in total. The Labute approximate surface area is 112 Å². The minimum absolute atomic E-state index is 0.0613. The molecule has 0 radical (unpaired) electrons. The number of carbonyl (C=O) groups is 1. The van der Waals surface area contributed by atoms with E-state index in [-0.39, 0.29) is 5.97 Å². The Balaban J connectivity index is 3.31. The smallest absolute Gasteiger partial charge is 0.305 e. The number of esters is 1. The molecule has 0 fully saturated rings. The lowest BCUT2D eigenvalue weighted by Crippen LogP contribution is -2.12. The molecule has 0 aromatic rings. The summed E-state index contributed by atoms with van der Waals surface area (Å²) in [6, 6.07) is 0. The minimum Gasteiger partial charge on any atom is -0.465 e. The molecule has 3 heteroatoms. The molecule has 0 spiro atoms. The van der Waals surface area contributed by atoms with Crippen LogP contribution in [-0.2, 0) is 14.3 Å². The van der Waals surface area contributed by atoms with Gasteiger partial charge in [-0.2, -0.15) is 0 Å². The van der Waals surface area contributed by atoms with Crippen LogP contribution in [0.3, 0.4) is 0 Å². The highest BCUT2D eigenvalue weighted by atomic mass is 16.5. The topological polar surface area (TPSA) is 35.5 Å². The molecule has 3 nitrogen and oxygen atoms in total. The summed E-state index contributed by atoms with van der Waals surface area (Å²) in [5.74, 6) is 0.427. The van der Waals surface area contributed by atoms with Crippen molar-refractivity contribution in [3.05, 3.63) is 0 Å². The third-order valence-electron chi connectivity index (χ3n) is 2.85. The highest BCUT2D eigenvalue weighted by Gasteiger charge is 2.06. The lowest BCUT2D eigenvalue weighted by molar-refractivity contribution is -0.145. The highest BCUT2D eigenvalue weighted by molar-refractivity contribution is 5.69. The first kappa shape index (κ1) is 17.4. The third kappa shape index (κ3) is 11.9. The van der Waals surface area contributed by atoms with E-state index in [4.69, 9.17) is 9.47 Å². The first-order chi connectivity index (χ1) is 8.70. The van der Waals surface area contributed by atoms with Gasteiger partial charge < -0.3 is 9.47 Å². The van der Waals surface area contributed by atoms with E-state index in [9.17, 15) is 4.79 Å². The molecule has 0 aromatic heterocycles. The number of hydrogen-bond acceptors (Lipinski definition) is 3. The molecule has 108 valence electrons. The molecule has 0 saturated heterocycles. The number of hydrogen-bond donors (Lipinski definition) is 0. The average molecular weight is 258 g/mol. The maximum atomic E-state index is 11.4. The second kappa shape index (κ2) is 12.9. The molecule has 0 rings (SSSR count). The Morgan fingerprint density at radius 3 is 2.50 bits per heavy atom. The van der Waals surface area contributed by atoms with Crippen LogP contribution in [0.2, 0.25) is 0 Å². The van der Waals surface area contributed by atoms with Gasteiger partial charge >= 0.3 is 5.97 Å². The predicted octanol–water partition coefficient (Wildman–Crippen LogP) is 3.95. The van der Waals surface area contributed by atoms with Crippen LogP contribution in [0, 0.1) is 5.92 Å². The zero-order chi connectivity index (χ0) is 13.6. The molecule has 0 amide bonds. The van der Waals surface area contributed by atoms with Gasteiger partial charge in [-0.3, -0.25) is 4.79 Å². The fourth-order valence-electron chi connectivity index (χ4n) is 1.66. The van der Waals surface area contributed by atoms with E-state index in [2.05, 4.69) is 20.8 Å². The van der Waals surface area contributed by atoms with E-state index in [1.54, 1.807) is 0 Å². The SMILES string of the molecule is CCCCC(C)COC(=O)CCCCOCCC. The van der Waals surface area contributed by atoms with Crippen LogP contribution in [0.4, 0.5) is 0 Å². The molecule has 0 aromatic carbocycles. The highest BCUT2D eigenvalue weighted by Crippen LogP contribution is 2.08. The molecule has 1 atom stereocenters. The largest absolute Gasteiger partial charge is 0.465 e. The molecule has 0 saturated carbocycles. The molecule has 0 aliphatic rings. The van der Waals surface area contributed by atoms with Crippen molar-refractivity contribution in [2.45, 2.75) is 65.7 Å². The molecule has 0 aliphatic carbocycles. The van der Waals surface area contributed by atoms with Crippen molar-refractivity contribution in [3.8, 4) is 0 Å². The van der Waals surface area contributed by atoms with Gasteiger partial charge in [-0.05, 0) is 31.6 Å². The second-order valence-electron chi connectivity index (χ2n) is 5.00. The first-order valence-corrected chi connectivity index (χ1v) is 7.44. The Morgan fingerprint density at radius 2 is 1.83 bits per heavy atom. The number of carbonyl (C=O) groups excluding carboxylic acids is 1. The van der Waals surface area contributed by atoms with Gasteiger partial charge in [-0.25, -0.2) is 0 Å². The van der Waals surface area contributed by atoms with Gasteiger partial charge in [0.15, 0.2) is 0 Å². The van der Waals surface area contributed by atoms with Crippen molar-refractivity contribution in [2.75, 3.05) is 19.8 Å². The first-order valence-electron chi connectivity index (χ1n) is 7.44. The lowest BCUT2D eigenvalue weighted by atomic mass is 10.1. The Hall–Kier alpha value is -0.570. The minimum atomic E-state index is -0.0613. The van der Waals surface area contributed by atoms with Crippen LogP contribution in [-0.4, -0.2) is 25.8 Å². The Bertz CT molecular complexity index is 192. The summed E-state index contributed by atoms with van der Waals surface area (Å²) in [5.41, 5.74) is 0. The summed E-state index contributed by atoms with van der Waals surface area (Å²) >= 11 is 0. The molecule has 0 aliphatic heterocycles. The van der Waals surface area contributed by atoms with E-state index in [1.807, 2.05) is 0 Å². The number of unbranched alkanes of at least 4 members (excludes halogenated alkanes) is 2. The van der Waals surface area contributed by atoms with Gasteiger partial charge in [-0.1, -0.05) is 33.6 Å². The molecule has 0 bridgehead atoms. The van der Waals surface area contributed by atoms with Crippen LogP contribution in [0.25, 0.3) is 0 Å². The zero-order valence-corrected chi connectivity index (χ0v) is 12.4. The van der Waals surface area contributed by atoms with Crippen molar-refractivity contribution >= 4 is 5.97 Å². The van der Waals surface area contributed by atoms with Gasteiger partial charge in [0.25, 0.3) is 0 Å². The molecule has 18 heavy (non-hydrogen) atoms. The van der Waals surface area contributed by atoms with Crippen LogP contribution in [0.15, 0.2) is 0 Å². The maximum Gasteiger partial charge on any atom is 0.305 e. The summed E-state index contributed by atoms with van der Waals surface area (Å²) in [7, 11) is 0. The van der Waals surface area contributed by atoms with Crippen molar-refractivity contribution < 1.29 is 14.3 Å². The van der Waals surface area contributed by atoms with Gasteiger partial charge in [0.2, 0.25) is 0 Å². The summed E-state index contributed by atoms with van der Waals surface area (Å²) < 4.78 is 10.6. The fraction of sp³-hybridized carbons (Fsp3) is 0.933. The van der Waals surface area contributed by atoms with E-state index >= 15 is 0 Å². The van der Waals surface area contributed by atoms with Gasteiger partial charge in [-0.15, -0.1) is 0 Å². The summed E-state index contributed by atoms with van der Waals surface area (Å²) in [5, 5.41) is 0. The van der Waals surface area contributed by atoms with Crippen molar-refractivity contribution in [1.82, 2.24) is 0 Å². The quantitative estimate of drug-likeness (QED) is 0.393. The fourth-order valence-corrected chi connectivity index (χ4v) is 1.66. The van der Waals surface area contributed by atoms with E-state index < -0.39 is 0 Å². The second-order valence-corrected chi connectivity index (χ2v) is 5.00.